The molecular weight excluding hydrogens is 446 g/mol. The Morgan fingerprint density at radius 2 is 1.94 bits per heavy atom. The number of carboxylic acid groups (broad SMARTS) is 1. The molecule has 0 saturated carbocycles. The molecule has 192 valence electrons. The van der Waals surface area contributed by atoms with Gasteiger partial charge in [-0.05, 0) is 77.5 Å². The van der Waals surface area contributed by atoms with E-state index in [1.165, 1.54) is 5.56 Å². The van der Waals surface area contributed by atoms with Crippen LogP contribution in [-0.4, -0.2) is 71.3 Å². The van der Waals surface area contributed by atoms with Crippen LogP contribution in [0.4, 0.5) is 19.4 Å². The molecule has 1 aliphatic rings. The highest BCUT2D eigenvalue weighted by atomic mass is 19.3. The van der Waals surface area contributed by atoms with Gasteiger partial charge in [0, 0.05) is 31.7 Å². The summed E-state index contributed by atoms with van der Waals surface area (Å²) in [5.41, 5.74) is 1.49. The average molecular weight is 485 g/mol. The lowest BCUT2D eigenvalue weighted by atomic mass is 10.1. The number of carbonyl (C=O) groups is 2. The highest BCUT2D eigenvalue weighted by molar-refractivity contribution is 5.80. The quantitative estimate of drug-likeness (QED) is 0.362. The van der Waals surface area contributed by atoms with Crippen molar-refractivity contribution in [2.75, 3.05) is 31.5 Å². The fourth-order valence-corrected chi connectivity index (χ4v) is 3.78. The predicted molar refractivity (Wildman–Crippen MR) is 126 cm³/mol. The van der Waals surface area contributed by atoms with E-state index in [2.05, 4.69) is 21.7 Å². The van der Waals surface area contributed by atoms with Crippen LogP contribution in [0.3, 0.4) is 0 Å². The predicted octanol–water partition coefficient (Wildman–Crippen LogP) is 4.09. The number of anilines is 1. The van der Waals surface area contributed by atoms with Crippen LogP contribution in [0.2, 0.25) is 0 Å². The van der Waals surface area contributed by atoms with E-state index in [9.17, 15) is 23.5 Å². The number of fused-ring (bicyclic) bond motifs is 1. The molecule has 1 atom stereocenters. The van der Waals surface area contributed by atoms with Crippen LogP contribution in [0.5, 0.6) is 0 Å². The van der Waals surface area contributed by atoms with Crippen molar-refractivity contribution >= 4 is 17.9 Å². The van der Waals surface area contributed by atoms with Gasteiger partial charge in [-0.2, -0.15) is 0 Å². The number of carbonyl (C=O) groups excluding carboxylic acids is 1. The first kappa shape index (κ1) is 27.8. The Bertz CT molecular complexity index is 802. The fourth-order valence-electron chi connectivity index (χ4n) is 3.78. The van der Waals surface area contributed by atoms with Crippen LogP contribution in [0.15, 0.2) is 12.1 Å². The van der Waals surface area contributed by atoms with Crippen molar-refractivity contribution in [2.24, 2.45) is 0 Å². The lowest BCUT2D eigenvalue weighted by Gasteiger charge is -2.25. The Morgan fingerprint density at radius 1 is 1.21 bits per heavy atom. The number of hydrogen-bond donors (Lipinski definition) is 3. The van der Waals surface area contributed by atoms with Gasteiger partial charge in [-0.3, -0.25) is 0 Å². The Balaban J connectivity index is 1.83. The second kappa shape index (κ2) is 13.4. The lowest BCUT2D eigenvalue weighted by molar-refractivity contribution is -0.139. The first-order chi connectivity index (χ1) is 16.0. The number of aryl methyl sites for hydroxylation is 2. The minimum atomic E-state index is -2.43. The van der Waals surface area contributed by atoms with Gasteiger partial charge in [-0.25, -0.2) is 23.4 Å². The SMILES string of the molecule is CC(C)(C)OC(=O)N[C@@H](CCN(CCCCc1ccc2c(n1)NCCC2)CCC(F)F)C(=O)O. The third kappa shape index (κ3) is 10.6. The zero-order valence-corrected chi connectivity index (χ0v) is 20.4. The molecule has 0 unspecified atom stereocenters. The van der Waals surface area contributed by atoms with Crippen LogP contribution >= 0.6 is 0 Å². The Morgan fingerprint density at radius 3 is 2.62 bits per heavy atom. The van der Waals surface area contributed by atoms with E-state index < -0.39 is 30.1 Å². The number of hydrogen-bond acceptors (Lipinski definition) is 6. The largest absolute Gasteiger partial charge is 0.480 e. The summed E-state index contributed by atoms with van der Waals surface area (Å²) < 4.78 is 30.7. The smallest absolute Gasteiger partial charge is 0.408 e. The number of nitrogens with one attached hydrogen (secondary N) is 2. The summed E-state index contributed by atoms with van der Waals surface area (Å²) in [7, 11) is 0. The van der Waals surface area contributed by atoms with E-state index >= 15 is 0 Å². The number of nitrogens with zero attached hydrogens (tertiary/aromatic N) is 2. The number of rotatable bonds is 13. The maximum atomic E-state index is 12.8. The van der Waals surface area contributed by atoms with Gasteiger partial charge in [0.15, 0.2) is 0 Å². The number of ether oxygens (including phenoxy) is 1. The summed E-state index contributed by atoms with van der Waals surface area (Å²) in [6.45, 7) is 7.00. The second-order valence-electron chi connectivity index (χ2n) is 9.64. The number of unbranched alkanes of at least 4 members (excludes halogenated alkanes) is 1. The molecular formula is C24H38F2N4O4. The van der Waals surface area contributed by atoms with Crippen molar-refractivity contribution < 1.29 is 28.2 Å². The van der Waals surface area contributed by atoms with Gasteiger partial charge in [0.05, 0.1) is 0 Å². The van der Waals surface area contributed by atoms with E-state index in [1.807, 2.05) is 11.0 Å². The van der Waals surface area contributed by atoms with Crippen molar-refractivity contribution in [1.82, 2.24) is 15.2 Å². The van der Waals surface area contributed by atoms with Crippen molar-refractivity contribution in [3.8, 4) is 0 Å². The van der Waals surface area contributed by atoms with E-state index in [-0.39, 0.29) is 25.9 Å². The van der Waals surface area contributed by atoms with E-state index in [0.717, 1.165) is 50.2 Å². The van der Waals surface area contributed by atoms with Crippen molar-refractivity contribution in [2.45, 2.75) is 83.8 Å². The topological polar surface area (TPSA) is 104 Å². The molecule has 1 aromatic heterocycles. The van der Waals surface area contributed by atoms with Crippen LogP contribution in [0.25, 0.3) is 0 Å². The zero-order chi connectivity index (χ0) is 25.1. The van der Waals surface area contributed by atoms with Crippen LogP contribution in [-0.2, 0) is 22.4 Å². The average Bonchev–Trinajstić information content (AvgIpc) is 2.75. The number of aliphatic carboxylic acids is 1. The minimum Gasteiger partial charge on any atom is -0.480 e. The zero-order valence-electron chi connectivity index (χ0n) is 20.4. The summed E-state index contributed by atoms with van der Waals surface area (Å²) >= 11 is 0. The van der Waals surface area contributed by atoms with Crippen LogP contribution in [0, 0.1) is 0 Å². The maximum Gasteiger partial charge on any atom is 0.408 e. The van der Waals surface area contributed by atoms with E-state index in [0.29, 0.717) is 6.54 Å². The number of alkyl carbamates (subject to hydrolysis) is 1. The maximum absolute atomic E-state index is 12.8. The highest BCUT2D eigenvalue weighted by Crippen LogP contribution is 2.20. The number of carboxylic acids is 1. The van der Waals surface area contributed by atoms with Gasteiger partial charge in [0.2, 0.25) is 6.43 Å². The van der Waals surface area contributed by atoms with Crippen molar-refractivity contribution in [3.05, 3.63) is 23.4 Å². The number of aromatic nitrogens is 1. The fraction of sp³-hybridized carbons (Fsp3) is 0.708. The molecule has 0 spiro atoms. The molecule has 2 rings (SSSR count). The molecule has 1 aliphatic heterocycles. The summed E-state index contributed by atoms with van der Waals surface area (Å²) in [5, 5.41) is 15.1. The molecule has 1 aromatic rings. The molecule has 10 heteroatoms. The second-order valence-corrected chi connectivity index (χ2v) is 9.64. The van der Waals surface area contributed by atoms with Gasteiger partial charge < -0.3 is 25.4 Å². The van der Waals surface area contributed by atoms with Crippen LogP contribution < -0.4 is 10.6 Å². The Hall–Kier alpha value is -2.49. The standard InChI is InChI=1S/C24H38F2N4O4/c1-24(2,3)34-23(33)29-19(22(31)32)11-15-30(16-12-20(25)26)14-5-4-8-18-10-9-17-7-6-13-27-21(17)28-18/h9-10,19-20H,4-8,11-16H2,1-3H3,(H,27,28)(H,29,33)(H,31,32)/t19-/m0/s1. The van der Waals surface area contributed by atoms with Crippen LogP contribution in [0.1, 0.15) is 64.1 Å². The summed E-state index contributed by atoms with van der Waals surface area (Å²) in [6.07, 6.45) is 1.12. The van der Waals surface area contributed by atoms with Gasteiger partial charge in [0.25, 0.3) is 0 Å². The highest BCUT2D eigenvalue weighted by Gasteiger charge is 2.24. The number of halogens is 2. The Kier molecular flexibility index (Phi) is 10.9. The molecule has 8 nitrogen and oxygen atoms in total. The summed E-state index contributed by atoms with van der Waals surface area (Å²) in [6, 6.07) is 3.00. The van der Waals surface area contributed by atoms with E-state index in [4.69, 9.17) is 4.74 Å². The van der Waals surface area contributed by atoms with Crippen molar-refractivity contribution in [3.63, 3.8) is 0 Å². The monoisotopic (exact) mass is 484 g/mol. The summed E-state index contributed by atoms with van der Waals surface area (Å²) in [4.78, 5) is 30.0. The lowest BCUT2D eigenvalue weighted by Crippen LogP contribution is -2.45. The van der Waals surface area contributed by atoms with Gasteiger partial charge in [-0.1, -0.05) is 6.07 Å². The molecule has 0 aliphatic carbocycles. The molecule has 0 saturated heterocycles. The van der Waals surface area contributed by atoms with Gasteiger partial charge >= 0.3 is 12.1 Å². The molecule has 3 N–H and O–H groups in total. The normalized spacial score (nSPS) is 14.4. The molecule has 0 bridgehead atoms. The first-order valence-electron chi connectivity index (χ1n) is 12.0. The first-order valence-corrected chi connectivity index (χ1v) is 12.0. The third-order valence-corrected chi connectivity index (χ3v) is 5.50. The molecule has 0 fully saturated rings. The third-order valence-electron chi connectivity index (χ3n) is 5.50. The number of alkyl halides is 2. The number of pyridine rings is 1. The molecule has 0 aromatic carbocycles. The van der Waals surface area contributed by atoms with Crippen molar-refractivity contribution in [1.29, 1.82) is 0 Å². The molecule has 1 amide bonds. The number of amides is 1. The van der Waals surface area contributed by atoms with Gasteiger partial charge in [0.1, 0.15) is 17.5 Å². The minimum absolute atomic E-state index is 0.0931. The molecule has 2 heterocycles. The molecule has 0 radical (unpaired) electrons. The van der Waals surface area contributed by atoms with Gasteiger partial charge in [-0.15, -0.1) is 0 Å². The Labute approximate surface area is 200 Å². The summed E-state index contributed by atoms with van der Waals surface area (Å²) in [5.74, 6) is -0.230. The molecule has 34 heavy (non-hydrogen) atoms. The van der Waals surface area contributed by atoms with E-state index in [1.54, 1.807) is 20.8 Å².